The maximum atomic E-state index is 9.72. The molecule has 0 radical (unpaired) electrons. The smallest absolute Gasteiger partial charge is 0.163 e. The molecule has 3 unspecified atom stereocenters. The summed E-state index contributed by atoms with van der Waals surface area (Å²) in [6, 6.07) is 0. The molecule has 0 amide bonds. The van der Waals surface area contributed by atoms with Crippen molar-refractivity contribution in [3.8, 4) is 0 Å². The molecule has 69 heavy (non-hydrogen) atoms. The number of rotatable bonds is 27. The molecule has 15 nitrogen and oxygen atoms in total. The van der Waals surface area contributed by atoms with Gasteiger partial charge in [-0.3, -0.25) is 0 Å². The molecule has 414 valence electrons. The van der Waals surface area contributed by atoms with Crippen LogP contribution < -0.4 is 0 Å². The van der Waals surface area contributed by atoms with Crippen molar-refractivity contribution in [3.05, 3.63) is 36.5 Å². The van der Waals surface area contributed by atoms with Gasteiger partial charge in [0.25, 0.3) is 0 Å². The zero-order valence-electron chi connectivity index (χ0n) is 50.2. The molecule has 0 spiro atoms. The maximum Gasteiger partial charge on any atom is 0.163 e. The van der Waals surface area contributed by atoms with E-state index >= 15 is 0 Å². The highest BCUT2D eigenvalue weighted by molar-refractivity contribution is 5.02. The number of ether oxygens (including phenoxy) is 12. The number of hydrogen-bond donors (Lipinski definition) is 3. The predicted molar refractivity (Wildman–Crippen MR) is 276 cm³/mol. The van der Waals surface area contributed by atoms with Gasteiger partial charge in [0.1, 0.15) is 26.5 Å². The second-order valence-electron chi connectivity index (χ2n) is 19.8. The van der Waals surface area contributed by atoms with E-state index in [0.29, 0.717) is 31.5 Å². The van der Waals surface area contributed by atoms with Crippen LogP contribution in [-0.2, 0) is 56.8 Å². The fourth-order valence-electron chi connectivity index (χ4n) is 8.05. The molecule has 3 N–H and O–H groups in total. The third-order valence-corrected chi connectivity index (χ3v) is 11.4. The molecule has 0 aromatic carbocycles. The van der Waals surface area contributed by atoms with Gasteiger partial charge in [-0.15, -0.1) is 0 Å². The lowest BCUT2D eigenvalue weighted by Crippen LogP contribution is -2.30. The summed E-state index contributed by atoms with van der Waals surface area (Å²) in [5, 5.41) is 28.1. The van der Waals surface area contributed by atoms with E-state index < -0.39 is 29.6 Å². The molecule has 3 heterocycles. The minimum Gasteiger partial charge on any atom is -0.396 e. The summed E-state index contributed by atoms with van der Waals surface area (Å²) in [5.41, 5.74) is 0. The molecular formula is C54H108O15. The van der Waals surface area contributed by atoms with Crippen LogP contribution in [0.1, 0.15) is 156 Å². The van der Waals surface area contributed by atoms with Gasteiger partial charge in [-0.1, -0.05) is 120 Å². The van der Waals surface area contributed by atoms with Gasteiger partial charge in [-0.25, -0.2) is 0 Å². The van der Waals surface area contributed by atoms with Crippen LogP contribution in [0, 0.1) is 29.6 Å². The molecule has 3 saturated heterocycles. The third kappa shape index (κ3) is 27.5. The van der Waals surface area contributed by atoms with Crippen LogP contribution in [-0.4, -0.2) is 149 Å². The van der Waals surface area contributed by atoms with Crippen molar-refractivity contribution in [2.24, 2.45) is 29.6 Å². The predicted octanol–water partition coefficient (Wildman–Crippen LogP) is 10.2. The lowest BCUT2D eigenvalue weighted by Gasteiger charge is -2.22. The largest absolute Gasteiger partial charge is 0.396 e. The van der Waals surface area contributed by atoms with E-state index in [1.54, 1.807) is 21.1 Å². The number of hydrogen-bond acceptors (Lipinski definition) is 15. The molecule has 0 aliphatic carbocycles. The fraction of sp³-hybridized carbons (Fsp3) is 0.889. The number of methoxy groups -OCH3 is 3. The highest BCUT2D eigenvalue weighted by Crippen LogP contribution is 2.37. The van der Waals surface area contributed by atoms with Gasteiger partial charge < -0.3 is 72.2 Å². The Hall–Kier alpha value is -1.38. The average Bonchev–Trinajstić information content (AvgIpc) is 3.94. The van der Waals surface area contributed by atoms with Crippen molar-refractivity contribution < 1.29 is 76.3 Å². The zero-order chi connectivity index (χ0) is 56.3. The van der Waals surface area contributed by atoms with Gasteiger partial charge >= 0.3 is 0 Å². The molecule has 15 heteroatoms. The summed E-state index contributed by atoms with van der Waals surface area (Å²) in [7, 11) is 8.55. The van der Waals surface area contributed by atoms with Crippen LogP contribution in [0.5, 0.6) is 0 Å². The third-order valence-electron chi connectivity index (χ3n) is 11.4. The first-order valence-corrected chi connectivity index (χ1v) is 24.2. The fourth-order valence-corrected chi connectivity index (χ4v) is 8.05. The first kappa shape index (κ1) is 65.6. The number of aliphatic hydroxyl groups is 3. The van der Waals surface area contributed by atoms with E-state index in [0.717, 1.165) is 12.8 Å². The standard InChI is InChI=1S/C18H34O4.C17H32O5.C16H30O6.3CH4/c1-8-9-16-17(22-18(5,6)21-16)14(4)10-11-15(13(2)3)20-12-19-7;1-12(2)14(20-11-19-6)8-7-13(3)16-15(9-10-18)21-17(4,5)22-16;1-11(6-7-13(12(2)18)20-10-19-5)15-14(8-9-17)21-16(3,4)22-15;;;/h10-11,13-17H,8-9,12H2,1-7H3;7-8,12-16,18H,9-11H2,1-6H3;6-7,11-15,17-18H,8-10H2,1-5H3;3*1H4/b11-10-;8-7-;7-6-;;;/t14?,15-,16+,17-;13?,14-,15+,16-;11?,12-,13+,14-,15+;;;/m110.../s1/i;;;3*1T. The molecule has 0 aromatic heterocycles. The van der Waals surface area contributed by atoms with Gasteiger partial charge in [0, 0.05) is 56.4 Å². The topological polar surface area (TPSA) is 171 Å². The van der Waals surface area contributed by atoms with E-state index in [1.165, 1.54) is 29.3 Å². The Kier molecular flexibility index (Phi) is 34.7. The Morgan fingerprint density at radius 1 is 0.478 bits per heavy atom. The lowest BCUT2D eigenvalue weighted by atomic mass is 9.95. The quantitative estimate of drug-likeness (QED) is 0.0524. The lowest BCUT2D eigenvalue weighted by molar-refractivity contribution is -0.150. The second-order valence-corrected chi connectivity index (χ2v) is 19.8. The Balaban J connectivity index is -0.000000940. The Bertz CT molecular complexity index is 1200. The SMILES string of the molecule is CCC[C@@H]1OC(C)(C)O[C@@H]1C(C)/C=C\[C@@H](OCOC)C(C)C.COCO[C@H](/C=C\C(C)[C@H]1OC(C)(C)O[C@H]1CCO)C(C)C.COCO[C@H](/C=C\C(C)[C@H]1OC(C)(C)O[C@H]1CCO)[C@H](C)O.[3H]C.[3H]C.[3H]C. The molecule has 13 atom stereocenters. The van der Waals surface area contributed by atoms with Crippen LogP contribution >= 0.6 is 0 Å². The molecule has 0 aromatic rings. The number of aliphatic hydroxyl groups excluding tert-OH is 3. The highest BCUT2D eigenvalue weighted by atomic mass is 16.8. The van der Waals surface area contributed by atoms with E-state index in [4.69, 9.17) is 66.1 Å². The van der Waals surface area contributed by atoms with Crippen molar-refractivity contribution in [2.75, 3.05) is 54.9 Å². The van der Waals surface area contributed by atoms with Crippen molar-refractivity contribution >= 4 is 0 Å². The first-order chi connectivity index (χ1) is 33.9. The Labute approximate surface area is 426 Å². The monoisotopic (exact) mass is 1000 g/mol. The summed E-state index contributed by atoms with van der Waals surface area (Å²) in [6.45, 7) is 31.1. The Morgan fingerprint density at radius 2 is 0.754 bits per heavy atom. The van der Waals surface area contributed by atoms with Gasteiger partial charge in [0.2, 0.25) is 0 Å². The van der Waals surface area contributed by atoms with Crippen LogP contribution in [0.25, 0.3) is 0 Å². The van der Waals surface area contributed by atoms with E-state index in [9.17, 15) is 10.2 Å². The van der Waals surface area contributed by atoms with Gasteiger partial charge in [0.05, 0.1) is 54.9 Å². The van der Waals surface area contributed by atoms with Crippen LogP contribution in [0.2, 0.25) is 0 Å². The van der Waals surface area contributed by atoms with Crippen LogP contribution in [0.4, 0.5) is 0 Å². The summed E-state index contributed by atoms with van der Waals surface area (Å²) in [4.78, 5) is 0. The summed E-state index contributed by atoms with van der Waals surface area (Å²) in [6.07, 6.45) is 14.3. The normalized spacial score (nSPS) is 27.1. The van der Waals surface area contributed by atoms with E-state index in [-0.39, 0.29) is 93.4 Å². The van der Waals surface area contributed by atoms with Gasteiger partial charge in [-0.05, 0) is 79.6 Å². The van der Waals surface area contributed by atoms with Crippen LogP contribution in [0.15, 0.2) is 36.5 Å². The van der Waals surface area contributed by atoms with E-state index in [2.05, 4.69) is 72.8 Å². The van der Waals surface area contributed by atoms with Gasteiger partial charge in [0.15, 0.2) is 17.4 Å². The van der Waals surface area contributed by atoms with Gasteiger partial charge in [-0.2, -0.15) is 0 Å². The summed E-state index contributed by atoms with van der Waals surface area (Å²) >= 11 is 0. The molecule has 0 saturated carbocycles. The summed E-state index contributed by atoms with van der Waals surface area (Å²) in [5.74, 6) is -0.454. The molecule has 3 fully saturated rings. The molecule has 3 rings (SSSR count). The van der Waals surface area contributed by atoms with Crippen molar-refractivity contribution in [3.63, 3.8) is 0 Å². The van der Waals surface area contributed by atoms with Crippen molar-refractivity contribution in [2.45, 2.75) is 230 Å². The van der Waals surface area contributed by atoms with Crippen LogP contribution in [0.3, 0.4) is 0 Å². The molecule has 0 bridgehead atoms. The minimum absolute atomic E-state index is 0.00836. The molecule has 3 aliphatic heterocycles. The summed E-state index contributed by atoms with van der Waals surface area (Å²) < 4.78 is 84.6. The zero-order valence-corrected chi connectivity index (χ0v) is 47.2. The molecular weight excluding hydrogens is 889 g/mol. The van der Waals surface area contributed by atoms with Crippen molar-refractivity contribution in [1.82, 2.24) is 0 Å². The highest BCUT2D eigenvalue weighted by Gasteiger charge is 2.45. The van der Waals surface area contributed by atoms with Crippen molar-refractivity contribution in [1.29, 1.82) is 0 Å². The maximum absolute atomic E-state index is 9.72. The van der Waals surface area contributed by atoms with E-state index in [1.807, 2.05) is 60.6 Å². The second kappa shape index (κ2) is 36.5. The minimum atomic E-state index is -0.650. The first-order valence-electron chi connectivity index (χ1n) is 27.2. The Morgan fingerprint density at radius 3 is 1.00 bits per heavy atom. The molecule has 3 aliphatic rings. The average molecular weight is 1000 g/mol.